The van der Waals surface area contributed by atoms with Crippen molar-refractivity contribution in [3.63, 3.8) is 0 Å². The molecule has 0 aromatic rings. The first-order valence-corrected chi connectivity index (χ1v) is 6.62. The minimum Gasteiger partial charge on any atom is -0.378 e. The number of nitrogens with one attached hydrogen (secondary N) is 1. The van der Waals surface area contributed by atoms with Gasteiger partial charge in [-0.05, 0) is 27.7 Å². The minimum atomic E-state index is -0.668. The number of carbonyl (C=O) groups is 2. The zero-order valence-electron chi connectivity index (χ0n) is 12.3. The summed E-state index contributed by atoms with van der Waals surface area (Å²) in [6.45, 7) is 7.82. The van der Waals surface area contributed by atoms with Gasteiger partial charge in [-0.15, -0.1) is 0 Å². The zero-order valence-corrected chi connectivity index (χ0v) is 12.3. The van der Waals surface area contributed by atoms with E-state index in [0.717, 1.165) is 0 Å². The van der Waals surface area contributed by atoms with Crippen LogP contribution in [0.15, 0.2) is 0 Å². The molecule has 19 heavy (non-hydrogen) atoms. The molecule has 0 spiro atoms. The van der Waals surface area contributed by atoms with E-state index < -0.39 is 6.04 Å². The number of nitrogens with two attached hydrogens (primary N) is 1. The summed E-state index contributed by atoms with van der Waals surface area (Å²) in [4.78, 5) is 23.3. The Hall–Kier alpha value is -0.980. The van der Waals surface area contributed by atoms with Gasteiger partial charge in [-0.2, -0.15) is 0 Å². The van der Waals surface area contributed by atoms with Gasteiger partial charge in [-0.1, -0.05) is 0 Å². The van der Waals surface area contributed by atoms with Gasteiger partial charge >= 0.3 is 0 Å². The molecule has 0 aliphatic rings. The second-order valence-corrected chi connectivity index (χ2v) is 4.85. The molecule has 1 atom stereocenters. The van der Waals surface area contributed by atoms with Gasteiger partial charge in [0, 0.05) is 13.0 Å². The summed E-state index contributed by atoms with van der Waals surface area (Å²) in [5.74, 6) is -0.455. The molecule has 0 aromatic carbocycles. The predicted molar refractivity (Wildman–Crippen MR) is 72.8 cm³/mol. The second-order valence-electron chi connectivity index (χ2n) is 4.85. The summed E-state index contributed by atoms with van der Waals surface area (Å²) < 4.78 is 10.4. The molecule has 0 heterocycles. The summed E-state index contributed by atoms with van der Waals surface area (Å²) in [7, 11) is 0. The first-order valence-electron chi connectivity index (χ1n) is 6.62. The fourth-order valence-corrected chi connectivity index (χ4v) is 1.32. The van der Waals surface area contributed by atoms with E-state index in [-0.39, 0.29) is 43.5 Å². The first-order chi connectivity index (χ1) is 8.86. The van der Waals surface area contributed by atoms with Crippen molar-refractivity contribution in [1.29, 1.82) is 0 Å². The van der Waals surface area contributed by atoms with Crippen molar-refractivity contribution in [1.82, 2.24) is 5.32 Å². The van der Waals surface area contributed by atoms with Gasteiger partial charge in [-0.3, -0.25) is 9.59 Å². The summed E-state index contributed by atoms with van der Waals surface area (Å²) >= 11 is 0. The Balaban J connectivity index is 4.04. The van der Waals surface area contributed by atoms with Gasteiger partial charge in [0.1, 0.15) is 6.61 Å². The molecule has 6 heteroatoms. The SMILES string of the molecule is CC(C)OCCC(=O)C(CN)NC(=O)COC(C)C. The fraction of sp³-hybridized carbons (Fsp3) is 0.846. The summed E-state index contributed by atoms with van der Waals surface area (Å²) in [5.41, 5.74) is 5.49. The minimum absolute atomic E-state index is 0.0304. The molecule has 0 saturated heterocycles. The van der Waals surface area contributed by atoms with Crippen LogP contribution < -0.4 is 11.1 Å². The Labute approximate surface area is 115 Å². The van der Waals surface area contributed by atoms with Crippen molar-refractivity contribution in [2.24, 2.45) is 5.73 Å². The van der Waals surface area contributed by atoms with Crippen LogP contribution in [0.2, 0.25) is 0 Å². The molecular formula is C13H26N2O4. The van der Waals surface area contributed by atoms with Gasteiger partial charge in [-0.25, -0.2) is 0 Å². The zero-order chi connectivity index (χ0) is 14.8. The van der Waals surface area contributed by atoms with E-state index >= 15 is 0 Å². The summed E-state index contributed by atoms with van der Waals surface area (Å²) in [6, 6.07) is -0.668. The van der Waals surface area contributed by atoms with Crippen LogP contribution in [0.4, 0.5) is 0 Å². The van der Waals surface area contributed by atoms with Gasteiger partial charge in [0.05, 0.1) is 24.9 Å². The molecule has 0 radical (unpaired) electrons. The molecule has 0 aromatic heterocycles. The molecule has 6 nitrogen and oxygen atoms in total. The quantitative estimate of drug-likeness (QED) is 0.595. The summed E-state index contributed by atoms with van der Waals surface area (Å²) in [5, 5.41) is 2.57. The molecule has 0 rings (SSSR count). The highest BCUT2D eigenvalue weighted by molar-refractivity contribution is 5.89. The highest BCUT2D eigenvalue weighted by Crippen LogP contribution is 1.96. The molecule has 1 amide bonds. The average Bonchev–Trinajstić information content (AvgIpc) is 2.32. The Morgan fingerprint density at radius 1 is 1.11 bits per heavy atom. The van der Waals surface area contributed by atoms with Crippen LogP contribution in [0, 0.1) is 0 Å². The van der Waals surface area contributed by atoms with Crippen LogP contribution in [0.5, 0.6) is 0 Å². The number of amides is 1. The van der Waals surface area contributed by atoms with Crippen LogP contribution >= 0.6 is 0 Å². The van der Waals surface area contributed by atoms with Crippen LogP contribution in [-0.2, 0) is 19.1 Å². The lowest BCUT2D eigenvalue weighted by molar-refractivity contribution is -0.131. The number of hydrogen-bond donors (Lipinski definition) is 2. The smallest absolute Gasteiger partial charge is 0.246 e. The lowest BCUT2D eigenvalue weighted by Crippen LogP contribution is -2.47. The number of ether oxygens (including phenoxy) is 2. The molecule has 3 N–H and O–H groups in total. The highest BCUT2D eigenvalue weighted by atomic mass is 16.5. The van der Waals surface area contributed by atoms with E-state index in [2.05, 4.69) is 5.32 Å². The normalized spacial score (nSPS) is 12.8. The molecule has 112 valence electrons. The van der Waals surface area contributed by atoms with Crippen molar-refractivity contribution in [3.8, 4) is 0 Å². The van der Waals surface area contributed by atoms with Crippen LogP contribution in [0.25, 0.3) is 0 Å². The van der Waals surface area contributed by atoms with E-state index in [0.29, 0.717) is 6.61 Å². The maximum atomic E-state index is 11.8. The van der Waals surface area contributed by atoms with Crippen molar-refractivity contribution >= 4 is 11.7 Å². The van der Waals surface area contributed by atoms with Crippen LogP contribution in [-0.4, -0.2) is 49.7 Å². The average molecular weight is 274 g/mol. The standard InChI is InChI=1S/C13H26N2O4/c1-9(2)18-6-5-12(16)11(7-14)15-13(17)8-19-10(3)4/h9-11H,5-8,14H2,1-4H3,(H,15,17). The van der Waals surface area contributed by atoms with Gasteiger partial charge < -0.3 is 20.5 Å². The molecule has 0 saturated carbocycles. The van der Waals surface area contributed by atoms with Crippen molar-refractivity contribution in [2.45, 2.75) is 52.4 Å². The third-order valence-electron chi connectivity index (χ3n) is 2.31. The maximum Gasteiger partial charge on any atom is 0.246 e. The van der Waals surface area contributed by atoms with E-state index in [1.807, 2.05) is 27.7 Å². The Kier molecular flexibility index (Phi) is 9.38. The van der Waals surface area contributed by atoms with Crippen molar-refractivity contribution in [2.75, 3.05) is 19.8 Å². The molecule has 0 aliphatic carbocycles. The number of rotatable bonds is 10. The number of Topliss-reactive ketones (excluding diaryl/α,β-unsaturated/α-hetero) is 1. The lowest BCUT2D eigenvalue weighted by Gasteiger charge is -2.17. The largest absolute Gasteiger partial charge is 0.378 e. The van der Waals surface area contributed by atoms with E-state index in [4.69, 9.17) is 15.2 Å². The Bertz CT molecular complexity index is 280. The van der Waals surface area contributed by atoms with Crippen molar-refractivity contribution < 1.29 is 19.1 Å². The van der Waals surface area contributed by atoms with Crippen LogP contribution in [0.3, 0.4) is 0 Å². The lowest BCUT2D eigenvalue weighted by atomic mass is 10.1. The predicted octanol–water partition coefficient (Wildman–Crippen LogP) is 0.239. The van der Waals surface area contributed by atoms with Crippen LogP contribution in [0.1, 0.15) is 34.1 Å². The molecule has 0 fully saturated rings. The molecule has 0 aliphatic heterocycles. The number of hydrogen-bond acceptors (Lipinski definition) is 5. The maximum absolute atomic E-state index is 11.8. The second kappa shape index (κ2) is 9.89. The van der Waals surface area contributed by atoms with Gasteiger partial charge in [0.2, 0.25) is 5.91 Å². The van der Waals surface area contributed by atoms with Gasteiger partial charge in [0.15, 0.2) is 5.78 Å². The summed E-state index contributed by atoms with van der Waals surface area (Å²) in [6.07, 6.45) is 0.293. The topological polar surface area (TPSA) is 90.6 Å². The van der Waals surface area contributed by atoms with E-state index in [9.17, 15) is 9.59 Å². The molecule has 0 bridgehead atoms. The van der Waals surface area contributed by atoms with Crippen molar-refractivity contribution in [3.05, 3.63) is 0 Å². The van der Waals surface area contributed by atoms with Gasteiger partial charge in [0.25, 0.3) is 0 Å². The third kappa shape index (κ3) is 9.58. The monoisotopic (exact) mass is 274 g/mol. The number of carbonyl (C=O) groups excluding carboxylic acids is 2. The van der Waals surface area contributed by atoms with E-state index in [1.54, 1.807) is 0 Å². The third-order valence-corrected chi connectivity index (χ3v) is 2.31. The Morgan fingerprint density at radius 2 is 1.68 bits per heavy atom. The number of ketones is 1. The highest BCUT2D eigenvalue weighted by Gasteiger charge is 2.19. The fourth-order valence-electron chi connectivity index (χ4n) is 1.32. The molecule has 1 unspecified atom stereocenters. The Morgan fingerprint density at radius 3 is 2.16 bits per heavy atom. The van der Waals surface area contributed by atoms with E-state index in [1.165, 1.54) is 0 Å². The molecular weight excluding hydrogens is 248 g/mol. The first kappa shape index (κ1) is 18.0.